The van der Waals surface area contributed by atoms with E-state index >= 15 is 0 Å². The summed E-state index contributed by atoms with van der Waals surface area (Å²) in [6, 6.07) is 4.91. The first kappa shape index (κ1) is 14.6. The minimum Gasteiger partial charge on any atom is -0.504 e. The molecule has 24 heavy (non-hydrogen) atoms. The topological polar surface area (TPSA) is 107 Å². The van der Waals surface area contributed by atoms with Crippen molar-refractivity contribution in [3.05, 3.63) is 50.9 Å². The van der Waals surface area contributed by atoms with Crippen LogP contribution in [0.1, 0.15) is 36.3 Å². The number of hydrogen-bond acceptors (Lipinski definition) is 5. The van der Waals surface area contributed by atoms with Crippen molar-refractivity contribution >= 4 is 11.6 Å². The third-order valence-electron chi connectivity index (χ3n) is 4.66. The number of allylic oxidation sites excluding steroid dienone is 2. The number of carbonyl (C=O) groups excluding carboxylic acids is 1. The Labute approximate surface area is 137 Å². The van der Waals surface area contributed by atoms with Gasteiger partial charge in [-0.15, -0.1) is 0 Å². The molecule has 4 rings (SSSR count). The molecule has 1 aliphatic heterocycles. The van der Waals surface area contributed by atoms with Crippen LogP contribution in [0.15, 0.2) is 34.3 Å². The van der Waals surface area contributed by atoms with E-state index in [2.05, 4.69) is 15.5 Å². The van der Waals surface area contributed by atoms with Crippen LogP contribution in [0.5, 0.6) is 11.5 Å². The quantitative estimate of drug-likeness (QED) is 0.675. The molecule has 0 saturated heterocycles. The highest BCUT2D eigenvalue weighted by Gasteiger charge is 2.37. The first-order chi connectivity index (χ1) is 11.6. The predicted molar refractivity (Wildman–Crippen MR) is 87.4 cm³/mol. The number of H-pyrrole nitrogens is 2. The van der Waals surface area contributed by atoms with Crippen molar-refractivity contribution in [2.45, 2.75) is 25.2 Å². The molecule has 0 bridgehead atoms. The van der Waals surface area contributed by atoms with Gasteiger partial charge >= 0.3 is 0 Å². The van der Waals surface area contributed by atoms with Crippen LogP contribution >= 0.6 is 0 Å². The largest absolute Gasteiger partial charge is 0.504 e. The van der Waals surface area contributed by atoms with Gasteiger partial charge in [0.2, 0.25) is 0 Å². The molecule has 0 spiro atoms. The number of carbonyl (C=O) groups is 1. The molecule has 1 aromatic heterocycles. The van der Waals surface area contributed by atoms with Gasteiger partial charge in [-0.25, -0.2) is 0 Å². The first-order valence-electron chi connectivity index (χ1n) is 7.81. The SMILES string of the molecule is COc1cc([C@H]2C3=C(CCCC3=O)Nc3[nH][nH]c(=O)c32)ccc1O. The molecule has 2 heterocycles. The van der Waals surface area contributed by atoms with Crippen LogP contribution in [0.3, 0.4) is 0 Å². The third kappa shape index (κ3) is 2.05. The van der Waals surface area contributed by atoms with Crippen molar-refractivity contribution in [1.29, 1.82) is 0 Å². The molecule has 7 heteroatoms. The minimum atomic E-state index is -0.478. The molecule has 0 fully saturated rings. The first-order valence-corrected chi connectivity index (χ1v) is 7.81. The standard InChI is InChI=1S/C17H17N3O4/c1-24-12-7-8(5-6-10(12)21)13-14-9(3-2-4-11(14)22)18-16-15(13)17(23)20-19-16/h5-7,13,21H,2-4H2,1H3,(H3,18,19,20,23)/t13-/m0/s1. The molecule has 0 saturated carbocycles. The number of aromatic amines is 2. The van der Waals surface area contributed by atoms with Crippen molar-refractivity contribution in [2.75, 3.05) is 12.4 Å². The number of hydrogen-bond donors (Lipinski definition) is 4. The second-order valence-electron chi connectivity index (χ2n) is 6.03. The predicted octanol–water partition coefficient (Wildman–Crippen LogP) is 1.98. The second-order valence-corrected chi connectivity index (χ2v) is 6.03. The Morgan fingerprint density at radius 1 is 1.21 bits per heavy atom. The fourth-order valence-electron chi connectivity index (χ4n) is 3.57. The van der Waals surface area contributed by atoms with Gasteiger partial charge in [-0.05, 0) is 30.5 Å². The van der Waals surface area contributed by atoms with Crippen LogP contribution in [0.2, 0.25) is 0 Å². The summed E-state index contributed by atoms with van der Waals surface area (Å²) in [4.78, 5) is 24.9. The minimum absolute atomic E-state index is 0.0163. The molecular formula is C17H17N3O4. The Morgan fingerprint density at radius 3 is 2.83 bits per heavy atom. The van der Waals surface area contributed by atoms with Gasteiger partial charge in [0.1, 0.15) is 5.82 Å². The number of ether oxygens (including phenoxy) is 1. The number of aromatic nitrogens is 2. The molecule has 0 radical (unpaired) electrons. The maximum atomic E-state index is 12.6. The normalized spacial score (nSPS) is 19.5. The molecule has 7 nitrogen and oxygen atoms in total. The third-order valence-corrected chi connectivity index (χ3v) is 4.66. The van der Waals surface area contributed by atoms with E-state index in [4.69, 9.17) is 4.74 Å². The Hall–Kier alpha value is -2.96. The molecule has 1 atom stereocenters. The zero-order valence-electron chi connectivity index (χ0n) is 13.1. The fraction of sp³-hybridized carbons (Fsp3) is 0.294. The summed E-state index contributed by atoms with van der Waals surface area (Å²) >= 11 is 0. The number of aromatic hydroxyl groups is 1. The number of anilines is 1. The Morgan fingerprint density at radius 2 is 2.04 bits per heavy atom. The molecule has 2 aliphatic rings. The lowest BCUT2D eigenvalue weighted by Gasteiger charge is -2.31. The average Bonchev–Trinajstić information content (AvgIpc) is 2.95. The summed E-state index contributed by atoms with van der Waals surface area (Å²) in [5, 5.41) is 18.4. The Kier molecular flexibility index (Phi) is 3.23. The summed E-state index contributed by atoms with van der Waals surface area (Å²) < 4.78 is 5.18. The lowest BCUT2D eigenvalue weighted by Crippen LogP contribution is -2.29. The van der Waals surface area contributed by atoms with Crippen LogP contribution in [0.25, 0.3) is 0 Å². The number of benzene rings is 1. The number of rotatable bonds is 2. The van der Waals surface area contributed by atoms with E-state index in [0.717, 1.165) is 24.1 Å². The van der Waals surface area contributed by atoms with Gasteiger partial charge in [0.05, 0.1) is 12.7 Å². The van der Waals surface area contributed by atoms with Crippen molar-refractivity contribution in [2.24, 2.45) is 0 Å². The highest BCUT2D eigenvalue weighted by Crippen LogP contribution is 2.44. The number of phenols is 1. The number of Topliss-reactive ketones (excluding diaryl/α,β-unsaturated/α-hetero) is 1. The molecule has 2 aromatic rings. The molecule has 1 aliphatic carbocycles. The van der Waals surface area contributed by atoms with Gasteiger partial charge in [0.25, 0.3) is 5.56 Å². The second kappa shape index (κ2) is 5.30. The summed E-state index contributed by atoms with van der Waals surface area (Å²) in [7, 11) is 1.46. The van der Waals surface area contributed by atoms with Crippen molar-refractivity contribution in [3.63, 3.8) is 0 Å². The van der Waals surface area contributed by atoms with E-state index in [0.29, 0.717) is 29.1 Å². The van der Waals surface area contributed by atoms with Gasteiger partial charge in [0.15, 0.2) is 17.3 Å². The smallest absolute Gasteiger partial charge is 0.270 e. The number of methoxy groups -OCH3 is 1. The number of fused-ring (bicyclic) bond motifs is 1. The van der Waals surface area contributed by atoms with E-state index in [1.807, 2.05) is 0 Å². The summed E-state index contributed by atoms with van der Waals surface area (Å²) in [5.74, 6) is 0.485. The highest BCUT2D eigenvalue weighted by atomic mass is 16.5. The summed E-state index contributed by atoms with van der Waals surface area (Å²) in [6.07, 6.45) is 2.03. The average molecular weight is 327 g/mol. The Bertz CT molecular complexity index is 922. The number of ketones is 1. The van der Waals surface area contributed by atoms with Crippen LogP contribution in [0.4, 0.5) is 5.82 Å². The summed E-state index contributed by atoms with van der Waals surface area (Å²) in [6.45, 7) is 0. The molecule has 4 N–H and O–H groups in total. The molecular weight excluding hydrogens is 310 g/mol. The van der Waals surface area contributed by atoms with Gasteiger partial charge in [0, 0.05) is 23.6 Å². The Balaban J connectivity index is 1.96. The summed E-state index contributed by atoms with van der Waals surface area (Å²) in [5.41, 5.74) is 2.44. The molecule has 124 valence electrons. The molecule has 1 aromatic carbocycles. The van der Waals surface area contributed by atoms with Crippen molar-refractivity contribution < 1.29 is 14.6 Å². The van der Waals surface area contributed by atoms with Crippen LogP contribution < -0.4 is 15.6 Å². The zero-order chi connectivity index (χ0) is 16.8. The van der Waals surface area contributed by atoms with Crippen LogP contribution in [-0.2, 0) is 4.79 Å². The fourth-order valence-corrected chi connectivity index (χ4v) is 3.57. The molecule has 0 amide bonds. The van der Waals surface area contributed by atoms with E-state index < -0.39 is 5.92 Å². The lowest BCUT2D eigenvalue weighted by molar-refractivity contribution is -0.116. The maximum absolute atomic E-state index is 12.6. The van der Waals surface area contributed by atoms with Gasteiger partial charge in [-0.1, -0.05) is 6.07 Å². The maximum Gasteiger partial charge on any atom is 0.270 e. The van der Waals surface area contributed by atoms with Crippen LogP contribution in [-0.4, -0.2) is 28.2 Å². The van der Waals surface area contributed by atoms with Crippen LogP contribution in [0, 0.1) is 0 Å². The monoisotopic (exact) mass is 327 g/mol. The van der Waals surface area contributed by atoms with Gasteiger partial charge < -0.3 is 15.2 Å². The van der Waals surface area contributed by atoms with E-state index in [1.165, 1.54) is 13.2 Å². The highest BCUT2D eigenvalue weighted by molar-refractivity contribution is 6.00. The molecule has 0 unspecified atom stereocenters. The zero-order valence-corrected chi connectivity index (χ0v) is 13.1. The van der Waals surface area contributed by atoms with E-state index in [-0.39, 0.29) is 17.1 Å². The van der Waals surface area contributed by atoms with Crippen molar-refractivity contribution in [3.8, 4) is 11.5 Å². The van der Waals surface area contributed by atoms with Crippen molar-refractivity contribution in [1.82, 2.24) is 10.2 Å². The van der Waals surface area contributed by atoms with E-state index in [1.54, 1.807) is 12.1 Å². The number of nitrogens with one attached hydrogen (secondary N) is 3. The van der Waals surface area contributed by atoms with Gasteiger partial charge in [-0.3, -0.25) is 19.8 Å². The van der Waals surface area contributed by atoms with E-state index in [9.17, 15) is 14.7 Å². The lowest BCUT2D eigenvalue weighted by atomic mass is 9.77. The number of phenolic OH excluding ortho intramolecular Hbond substituents is 1. The van der Waals surface area contributed by atoms with Gasteiger partial charge in [-0.2, -0.15) is 0 Å².